The van der Waals surface area contributed by atoms with Gasteiger partial charge in [-0.3, -0.25) is 0 Å². The minimum atomic E-state index is -0.430. The lowest BCUT2D eigenvalue weighted by Crippen LogP contribution is -2.46. The summed E-state index contributed by atoms with van der Waals surface area (Å²) in [6.07, 6.45) is 2.71. The fraction of sp³-hybridized carbons (Fsp3) is 0.632. The molecule has 1 fully saturated rings. The van der Waals surface area contributed by atoms with Crippen molar-refractivity contribution < 1.29 is 14.3 Å². The maximum Gasteiger partial charge on any atom is 0.410 e. The average Bonchev–Trinajstić information content (AvgIpc) is 2.55. The lowest BCUT2D eigenvalue weighted by molar-refractivity contribution is 0.0198. The largest absolute Gasteiger partial charge is 0.497 e. The third kappa shape index (κ3) is 6.66. The predicted molar refractivity (Wildman–Crippen MR) is 108 cm³/mol. The Morgan fingerprint density at radius 1 is 1.32 bits per heavy atom. The van der Waals surface area contributed by atoms with E-state index in [1.165, 1.54) is 9.13 Å². The Labute approximate surface area is 164 Å². The van der Waals surface area contributed by atoms with E-state index >= 15 is 0 Å². The van der Waals surface area contributed by atoms with Crippen LogP contribution in [-0.4, -0.2) is 49.4 Å². The van der Waals surface area contributed by atoms with Crippen molar-refractivity contribution in [3.63, 3.8) is 0 Å². The van der Waals surface area contributed by atoms with Crippen LogP contribution >= 0.6 is 22.6 Å². The highest BCUT2D eigenvalue weighted by Crippen LogP contribution is 2.20. The zero-order valence-electron chi connectivity index (χ0n) is 15.6. The number of piperidine rings is 1. The van der Waals surface area contributed by atoms with Gasteiger partial charge in [0.25, 0.3) is 0 Å². The molecule has 1 N–H and O–H groups in total. The molecular weight excluding hydrogens is 431 g/mol. The van der Waals surface area contributed by atoms with Crippen molar-refractivity contribution >= 4 is 28.7 Å². The quantitative estimate of drug-likeness (QED) is 0.679. The highest BCUT2D eigenvalue weighted by Gasteiger charge is 2.26. The van der Waals surface area contributed by atoms with Crippen LogP contribution in [0, 0.1) is 3.57 Å². The topological polar surface area (TPSA) is 50.8 Å². The SMILES string of the molecule is COc1ccc(I)c(CCNC2CCN(C(=O)OC(C)(C)C)CC2)c1. The van der Waals surface area contributed by atoms with Crippen molar-refractivity contribution in [2.75, 3.05) is 26.7 Å². The number of benzene rings is 1. The zero-order chi connectivity index (χ0) is 18.4. The molecule has 1 aromatic carbocycles. The first-order valence-electron chi connectivity index (χ1n) is 8.82. The molecule has 0 saturated carbocycles. The number of hydrogen-bond donors (Lipinski definition) is 1. The van der Waals surface area contributed by atoms with Crippen LogP contribution in [0.5, 0.6) is 5.75 Å². The Bertz CT molecular complexity index is 579. The van der Waals surface area contributed by atoms with Crippen molar-refractivity contribution in [3.05, 3.63) is 27.3 Å². The number of carbonyl (C=O) groups excluding carboxylic acids is 1. The molecule has 0 spiro atoms. The van der Waals surface area contributed by atoms with Crippen LogP contribution in [-0.2, 0) is 11.2 Å². The van der Waals surface area contributed by atoms with Crippen LogP contribution in [0.25, 0.3) is 0 Å². The molecule has 0 unspecified atom stereocenters. The second kappa shape index (κ2) is 9.07. The van der Waals surface area contributed by atoms with Gasteiger partial charge in [0.15, 0.2) is 0 Å². The number of ether oxygens (including phenoxy) is 2. The molecule has 5 nitrogen and oxygen atoms in total. The van der Waals surface area contributed by atoms with Gasteiger partial charge in [-0.1, -0.05) is 0 Å². The van der Waals surface area contributed by atoms with Gasteiger partial charge in [-0.25, -0.2) is 4.79 Å². The minimum absolute atomic E-state index is 0.197. The standard InChI is InChI=1S/C19H29IN2O3/c1-19(2,3)25-18(23)22-11-8-15(9-12-22)21-10-7-14-13-16(24-4)5-6-17(14)20/h5-6,13,15,21H,7-12H2,1-4H3. The number of rotatable bonds is 5. The van der Waals surface area contributed by atoms with Gasteiger partial charge in [0.1, 0.15) is 11.4 Å². The lowest BCUT2D eigenvalue weighted by atomic mass is 10.0. The second-order valence-corrected chi connectivity index (χ2v) is 8.57. The van der Waals surface area contributed by atoms with Gasteiger partial charge >= 0.3 is 6.09 Å². The van der Waals surface area contributed by atoms with Crippen LogP contribution in [0.2, 0.25) is 0 Å². The molecule has 140 valence electrons. The van der Waals surface area contributed by atoms with Crippen LogP contribution in [0.3, 0.4) is 0 Å². The van der Waals surface area contributed by atoms with Crippen molar-refractivity contribution in [3.8, 4) is 5.75 Å². The fourth-order valence-electron chi connectivity index (χ4n) is 2.87. The smallest absolute Gasteiger partial charge is 0.410 e. The van der Waals surface area contributed by atoms with Gasteiger partial charge in [0.05, 0.1) is 7.11 Å². The molecule has 0 radical (unpaired) electrons. The van der Waals surface area contributed by atoms with E-state index in [4.69, 9.17) is 9.47 Å². The first-order valence-corrected chi connectivity index (χ1v) is 9.90. The molecule has 0 atom stereocenters. The van der Waals surface area contributed by atoms with Crippen LogP contribution in [0.4, 0.5) is 4.79 Å². The summed E-state index contributed by atoms with van der Waals surface area (Å²) in [7, 11) is 1.70. The van der Waals surface area contributed by atoms with Gasteiger partial charge in [-0.15, -0.1) is 0 Å². The average molecular weight is 460 g/mol. The molecule has 0 aromatic heterocycles. The van der Waals surface area contributed by atoms with Crippen LogP contribution in [0.1, 0.15) is 39.2 Å². The van der Waals surface area contributed by atoms with E-state index in [1.807, 2.05) is 31.7 Å². The van der Waals surface area contributed by atoms with Gasteiger partial charge in [-0.05, 0) is 92.9 Å². The number of nitrogens with zero attached hydrogens (tertiary/aromatic N) is 1. The highest BCUT2D eigenvalue weighted by atomic mass is 127. The number of nitrogens with one attached hydrogen (secondary N) is 1. The van der Waals surface area contributed by atoms with Crippen molar-refractivity contribution in [1.29, 1.82) is 0 Å². The molecule has 1 aromatic rings. The van der Waals surface area contributed by atoms with E-state index in [9.17, 15) is 4.79 Å². The number of methoxy groups -OCH3 is 1. The minimum Gasteiger partial charge on any atom is -0.497 e. The maximum absolute atomic E-state index is 12.1. The summed E-state index contributed by atoms with van der Waals surface area (Å²) in [6.45, 7) is 8.14. The first kappa shape index (κ1) is 20.3. The van der Waals surface area contributed by atoms with Gasteiger partial charge in [0, 0.05) is 22.7 Å². The molecule has 0 bridgehead atoms. The van der Waals surface area contributed by atoms with Gasteiger partial charge < -0.3 is 19.7 Å². The summed E-state index contributed by atoms with van der Waals surface area (Å²) in [5.41, 5.74) is 0.874. The predicted octanol–water partition coefficient (Wildman–Crippen LogP) is 3.83. The number of carbonyl (C=O) groups is 1. The molecule has 1 aliphatic heterocycles. The molecule has 1 saturated heterocycles. The third-order valence-electron chi connectivity index (χ3n) is 4.23. The normalized spacial score (nSPS) is 16.0. The second-order valence-electron chi connectivity index (χ2n) is 7.40. The summed E-state index contributed by atoms with van der Waals surface area (Å²) in [5, 5.41) is 3.62. The summed E-state index contributed by atoms with van der Waals surface area (Å²) < 4.78 is 12.0. The monoisotopic (exact) mass is 460 g/mol. The summed E-state index contributed by atoms with van der Waals surface area (Å²) >= 11 is 2.37. The fourth-order valence-corrected chi connectivity index (χ4v) is 3.48. The number of likely N-dealkylation sites (tertiary alicyclic amines) is 1. The number of amides is 1. The van der Waals surface area contributed by atoms with E-state index in [-0.39, 0.29) is 6.09 Å². The Balaban J connectivity index is 1.73. The lowest BCUT2D eigenvalue weighted by Gasteiger charge is -2.33. The molecule has 1 heterocycles. The molecule has 1 amide bonds. The van der Waals surface area contributed by atoms with Crippen LogP contribution < -0.4 is 10.1 Å². The molecule has 1 aliphatic rings. The molecule has 2 rings (SSSR count). The molecule has 25 heavy (non-hydrogen) atoms. The van der Waals surface area contributed by atoms with E-state index in [1.54, 1.807) is 7.11 Å². The van der Waals surface area contributed by atoms with Crippen molar-refractivity contribution in [2.24, 2.45) is 0 Å². The van der Waals surface area contributed by atoms with E-state index in [2.05, 4.69) is 40.0 Å². The van der Waals surface area contributed by atoms with Crippen molar-refractivity contribution in [2.45, 2.75) is 51.7 Å². The molecular formula is C19H29IN2O3. The van der Waals surface area contributed by atoms with Crippen LogP contribution in [0.15, 0.2) is 18.2 Å². The highest BCUT2D eigenvalue weighted by molar-refractivity contribution is 14.1. The molecule has 6 heteroatoms. The number of hydrogen-bond acceptors (Lipinski definition) is 4. The Morgan fingerprint density at radius 2 is 2.00 bits per heavy atom. The number of halogens is 1. The Kier molecular flexibility index (Phi) is 7.37. The van der Waals surface area contributed by atoms with E-state index in [0.717, 1.165) is 44.6 Å². The summed E-state index contributed by atoms with van der Waals surface area (Å²) in [4.78, 5) is 13.9. The summed E-state index contributed by atoms with van der Waals surface area (Å²) in [6, 6.07) is 6.65. The van der Waals surface area contributed by atoms with Gasteiger partial charge in [0.2, 0.25) is 0 Å². The molecule has 0 aliphatic carbocycles. The van der Waals surface area contributed by atoms with E-state index < -0.39 is 5.60 Å². The Morgan fingerprint density at radius 3 is 2.60 bits per heavy atom. The summed E-state index contributed by atoms with van der Waals surface area (Å²) in [5.74, 6) is 0.904. The third-order valence-corrected chi connectivity index (χ3v) is 5.28. The zero-order valence-corrected chi connectivity index (χ0v) is 17.8. The Hall–Kier alpha value is -1.02. The first-order chi connectivity index (χ1) is 11.8. The van der Waals surface area contributed by atoms with Gasteiger partial charge in [-0.2, -0.15) is 0 Å². The maximum atomic E-state index is 12.1. The van der Waals surface area contributed by atoms with E-state index in [0.29, 0.717) is 6.04 Å². The van der Waals surface area contributed by atoms with Crippen molar-refractivity contribution in [1.82, 2.24) is 10.2 Å².